The Hall–Kier alpha value is -1.95. The number of fused-ring (bicyclic) bond motifs is 1. The number of amides is 1. The quantitative estimate of drug-likeness (QED) is 0.623. The lowest BCUT2D eigenvalue weighted by atomic mass is 9.87. The van der Waals surface area contributed by atoms with Gasteiger partial charge in [-0.05, 0) is 31.3 Å². The van der Waals surface area contributed by atoms with Gasteiger partial charge in [0.1, 0.15) is 0 Å². The smallest absolute Gasteiger partial charge is 0.271 e. The van der Waals surface area contributed by atoms with E-state index in [1.54, 1.807) is 11.0 Å². The number of carbonyl (C=O) groups is 1. The van der Waals surface area contributed by atoms with Crippen LogP contribution in [0.4, 0.5) is 11.4 Å². The molecule has 0 spiro atoms. The molecule has 1 aromatic rings. The molecule has 1 aliphatic heterocycles. The third-order valence-electron chi connectivity index (χ3n) is 4.49. The largest absolute Gasteiger partial charge is 0.311 e. The van der Waals surface area contributed by atoms with Crippen LogP contribution in [-0.4, -0.2) is 41.9 Å². The van der Waals surface area contributed by atoms with E-state index in [1.807, 2.05) is 13.8 Å². The van der Waals surface area contributed by atoms with Crippen LogP contribution in [-0.2, 0) is 10.2 Å². The lowest BCUT2D eigenvalue weighted by Gasteiger charge is -2.19. The zero-order valence-electron chi connectivity index (χ0n) is 15.6. The Bertz CT molecular complexity index is 590. The van der Waals surface area contributed by atoms with Gasteiger partial charge in [-0.2, -0.15) is 0 Å². The van der Waals surface area contributed by atoms with Crippen molar-refractivity contribution in [2.45, 2.75) is 47.0 Å². The summed E-state index contributed by atoms with van der Waals surface area (Å²) in [4.78, 5) is 25.8. The fourth-order valence-electron chi connectivity index (χ4n) is 2.95. The molecule has 24 heavy (non-hydrogen) atoms. The van der Waals surface area contributed by atoms with E-state index in [1.165, 1.54) is 38.7 Å². The maximum atomic E-state index is 11.5. The minimum atomic E-state index is -0.441. The van der Waals surface area contributed by atoms with Gasteiger partial charge in [-0.1, -0.05) is 34.6 Å². The first kappa shape index (κ1) is 20.1. The van der Waals surface area contributed by atoms with E-state index in [4.69, 9.17) is 0 Å². The number of benzene rings is 1. The molecule has 0 saturated carbocycles. The topological polar surface area (TPSA) is 66.7 Å². The van der Waals surface area contributed by atoms with Crippen LogP contribution in [0.25, 0.3) is 0 Å². The van der Waals surface area contributed by atoms with Gasteiger partial charge in [0.05, 0.1) is 10.6 Å². The van der Waals surface area contributed by atoms with E-state index in [-0.39, 0.29) is 17.0 Å². The van der Waals surface area contributed by atoms with Gasteiger partial charge in [-0.25, -0.2) is 0 Å². The van der Waals surface area contributed by atoms with Crippen molar-refractivity contribution in [3.63, 3.8) is 0 Å². The van der Waals surface area contributed by atoms with Crippen LogP contribution >= 0.6 is 0 Å². The molecule has 134 valence electrons. The van der Waals surface area contributed by atoms with Crippen LogP contribution in [0, 0.1) is 10.1 Å². The van der Waals surface area contributed by atoms with Gasteiger partial charge in [0.15, 0.2) is 0 Å². The maximum absolute atomic E-state index is 11.5. The molecular weight excluding hydrogens is 306 g/mol. The number of carbonyl (C=O) groups excluding carboxylic acids is 1. The van der Waals surface area contributed by atoms with Crippen LogP contribution < -0.4 is 4.90 Å². The number of nitro groups is 1. The van der Waals surface area contributed by atoms with Crippen LogP contribution in [0.3, 0.4) is 0 Å². The summed E-state index contributed by atoms with van der Waals surface area (Å²) in [6.45, 7) is 16.2. The number of nitrogens with zero attached hydrogens (tertiary/aromatic N) is 3. The van der Waals surface area contributed by atoms with E-state index in [0.717, 1.165) is 5.56 Å². The summed E-state index contributed by atoms with van der Waals surface area (Å²) < 4.78 is 0. The summed E-state index contributed by atoms with van der Waals surface area (Å²) >= 11 is 0. The highest BCUT2D eigenvalue weighted by Gasteiger charge is 2.37. The molecule has 0 unspecified atom stereocenters. The fraction of sp³-hybridized carbons (Fsp3) is 0.611. The van der Waals surface area contributed by atoms with Gasteiger partial charge in [-0.15, -0.1) is 0 Å². The van der Waals surface area contributed by atoms with Crippen molar-refractivity contribution >= 4 is 17.3 Å². The summed E-state index contributed by atoms with van der Waals surface area (Å²) in [6.07, 6.45) is 0. The summed E-state index contributed by atoms with van der Waals surface area (Å²) in [5, 5.41) is 10.7. The Kier molecular flexibility index (Phi) is 6.90. The van der Waals surface area contributed by atoms with E-state index >= 15 is 0 Å². The molecule has 0 N–H and O–H groups in total. The second kappa shape index (κ2) is 8.24. The number of nitro benzene ring substituents is 1. The third-order valence-corrected chi connectivity index (χ3v) is 4.49. The highest BCUT2D eigenvalue weighted by Crippen LogP contribution is 2.42. The molecule has 0 aliphatic carbocycles. The minimum Gasteiger partial charge on any atom is -0.311 e. The minimum absolute atomic E-state index is 0.0210. The molecule has 1 amide bonds. The first-order valence-electron chi connectivity index (χ1n) is 8.47. The van der Waals surface area contributed by atoms with Crippen molar-refractivity contribution < 1.29 is 9.72 Å². The number of anilines is 1. The van der Waals surface area contributed by atoms with E-state index in [9.17, 15) is 14.9 Å². The lowest BCUT2D eigenvalue weighted by Crippen LogP contribution is -2.31. The average molecular weight is 335 g/mol. The first-order valence-corrected chi connectivity index (χ1v) is 8.47. The summed E-state index contributed by atoms with van der Waals surface area (Å²) in [5.74, 6) is -0.0858. The Morgan fingerprint density at radius 1 is 1.25 bits per heavy atom. The highest BCUT2D eigenvalue weighted by atomic mass is 16.6. The van der Waals surface area contributed by atoms with Gasteiger partial charge >= 0.3 is 0 Å². The van der Waals surface area contributed by atoms with Gasteiger partial charge in [0.2, 0.25) is 5.91 Å². The normalized spacial score (nSPS) is 14.9. The second-order valence-corrected chi connectivity index (χ2v) is 6.57. The third kappa shape index (κ3) is 4.54. The molecule has 1 aromatic carbocycles. The number of hydrogen-bond acceptors (Lipinski definition) is 4. The number of non-ortho nitro benzene ring substituents is 1. The van der Waals surface area contributed by atoms with Crippen molar-refractivity contribution in [3.05, 3.63) is 33.9 Å². The highest BCUT2D eigenvalue weighted by molar-refractivity contribution is 5.95. The Balaban J connectivity index is 0.000000351. The molecule has 1 aliphatic rings. The van der Waals surface area contributed by atoms with Crippen molar-refractivity contribution in [1.29, 1.82) is 0 Å². The van der Waals surface area contributed by atoms with Crippen LogP contribution in [0.5, 0.6) is 0 Å². The second-order valence-electron chi connectivity index (χ2n) is 6.57. The molecule has 0 bridgehead atoms. The zero-order valence-corrected chi connectivity index (χ0v) is 15.6. The van der Waals surface area contributed by atoms with Crippen molar-refractivity contribution in [2.24, 2.45) is 0 Å². The molecule has 0 radical (unpaired) electrons. The fourth-order valence-corrected chi connectivity index (χ4v) is 2.95. The van der Waals surface area contributed by atoms with E-state index in [0.29, 0.717) is 12.2 Å². The molecule has 0 atom stereocenters. The monoisotopic (exact) mass is 335 g/mol. The number of rotatable bonds is 4. The van der Waals surface area contributed by atoms with Gasteiger partial charge in [-0.3, -0.25) is 14.9 Å². The SMILES string of the molecule is CC(=O)N1CC(C)(C)c2ccc([N+](=O)[O-])cc21.CCN(CC)CC. The lowest BCUT2D eigenvalue weighted by molar-refractivity contribution is -0.384. The summed E-state index contributed by atoms with van der Waals surface area (Å²) in [6, 6.07) is 4.71. The van der Waals surface area contributed by atoms with E-state index in [2.05, 4.69) is 25.7 Å². The zero-order chi connectivity index (χ0) is 18.5. The molecule has 0 aromatic heterocycles. The Morgan fingerprint density at radius 2 is 1.79 bits per heavy atom. The van der Waals surface area contributed by atoms with Gasteiger partial charge in [0.25, 0.3) is 5.69 Å². The molecule has 6 heteroatoms. The molecule has 0 saturated heterocycles. The molecule has 1 heterocycles. The van der Waals surface area contributed by atoms with E-state index < -0.39 is 4.92 Å². The molecule has 2 rings (SSSR count). The average Bonchev–Trinajstić information content (AvgIpc) is 2.81. The summed E-state index contributed by atoms with van der Waals surface area (Å²) in [5.41, 5.74) is 1.51. The Labute approximate surface area is 144 Å². The van der Waals surface area contributed by atoms with Crippen molar-refractivity contribution in [1.82, 2.24) is 4.90 Å². The predicted octanol–water partition coefficient (Wildman–Crippen LogP) is 3.59. The molecule has 6 nitrogen and oxygen atoms in total. The van der Waals surface area contributed by atoms with Gasteiger partial charge in [0, 0.05) is 31.0 Å². The first-order chi connectivity index (χ1) is 11.2. The van der Waals surface area contributed by atoms with Crippen molar-refractivity contribution in [2.75, 3.05) is 31.1 Å². The van der Waals surface area contributed by atoms with Crippen molar-refractivity contribution in [3.8, 4) is 0 Å². The van der Waals surface area contributed by atoms with Crippen LogP contribution in [0.2, 0.25) is 0 Å². The standard InChI is InChI=1S/C12H14N2O3.C6H15N/c1-8(15)13-7-12(2,3)10-5-4-9(14(16)17)6-11(10)13;1-4-7(5-2)6-3/h4-6H,7H2,1-3H3;4-6H2,1-3H3. The number of hydrogen-bond donors (Lipinski definition) is 0. The Morgan fingerprint density at radius 3 is 2.17 bits per heavy atom. The summed E-state index contributed by atoms with van der Waals surface area (Å²) in [7, 11) is 0. The van der Waals surface area contributed by atoms with Crippen LogP contribution in [0.15, 0.2) is 18.2 Å². The predicted molar refractivity (Wildman–Crippen MR) is 97.6 cm³/mol. The molecule has 0 fully saturated rings. The maximum Gasteiger partial charge on any atom is 0.271 e. The van der Waals surface area contributed by atoms with Crippen LogP contribution in [0.1, 0.15) is 47.1 Å². The molecular formula is C18H29N3O3. The van der Waals surface area contributed by atoms with Gasteiger partial charge < -0.3 is 9.80 Å².